The third kappa shape index (κ3) is 3.33. The van der Waals surface area contributed by atoms with Crippen LogP contribution in [0.2, 0.25) is 0 Å². The molecule has 30 heavy (non-hydrogen) atoms. The molecule has 0 amide bonds. The smallest absolute Gasteiger partial charge is 0.227 e. The first kappa shape index (κ1) is 17.8. The van der Waals surface area contributed by atoms with Crippen molar-refractivity contribution in [1.82, 2.24) is 24.3 Å². The monoisotopic (exact) mass is 394 g/mol. The number of anilines is 2. The van der Waals surface area contributed by atoms with Crippen LogP contribution in [0.1, 0.15) is 5.69 Å². The Morgan fingerprint density at radius 1 is 0.867 bits per heavy atom. The van der Waals surface area contributed by atoms with Crippen molar-refractivity contribution in [1.29, 1.82) is 0 Å². The van der Waals surface area contributed by atoms with Gasteiger partial charge in [-0.25, -0.2) is 15.0 Å². The van der Waals surface area contributed by atoms with E-state index in [-0.39, 0.29) is 5.75 Å². The average Bonchev–Trinajstić information content (AvgIpc) is 3.14. The number of pyridine rings is 2. The summed E-state index contributed by atoms with van der Waals surface area (Å²) in [6, 6.07) is 20.4. The molecule has 7 heteroatoms. The van der Waals surface area contributed by atoms with E-state index >= 15 is 0 Å². The molecule has 7 nitrogen and oxygen atoms in total. The summed E-state index contributed by atoms with van der Waals surface area (Å²) in [6.07, 6.45) is 3.66. The number of hydrogen-bond donors (Lipinski definition) is 2. The molecule has 0 radical (unpaired) electrons. The van der Waals surface area contributed by atoms with Crippen molar-refractivity contribution in [2.75, 3.05) is 5.32 Å². The minimum absolute atomic E-state index is 0.172. The van der Waals surface area contributed by atoms with Gasteiger partial charge in [-0.2, -0.15) is 0 Å². The predicted molar refractivity (Wildman–Crippen MR) is 116 cm³/mol. The van der Waals surface area contributed by atoms with Gasteiger partial charge in [-0.15, -0.1) is 0 Å². The zero-order chi connectivity index (χ0) is 20.5. The summed E-state index contributed by atoms with van der Waals surface area (Å²) >= 11 is 0. The lowest BCUT2D eigenvalue weighted by Crippen LogP contribution is -2.00. The second kappa shape index (κ2) is 7.29. The van der Waals surface area contributed by atoms with E-state index in [2.05, 4.69) is 15.3 Å². The first-order chi connectivity index (χ1) is 14.7. The van der Waals surface area contributed by atoms with Crippen LogP contribution in [0.5, 0.6) is 5.75 Å². The van der Waals surface area contributed by atoms with Gasteiger partial charge in [-0.1, -0.05) is 18.2 Å². The molecule has 0 saturated heterocycles. The van der Waals surface area contributed by atoms with E-state index in [1.165, 1.54) is 0 Å². The summed E-state index contributed by atoms with van der Waals surface area (Å²) in [7, 11) is 0. The van der Waals surface area contributed by atoms with Crippen LogP contribution in [0, 0.1) is 6.92 Å². The van der Waals surface area contributed by atoms with Gasteiger partial charge in [-0.3, -0.25) is 9.38 Å². The standard InChI is InChI=1S/C23H18N6O/c1-15-6-4-9-18(25-15)21-22(29-13-3-2-10-20(29)28-21)19-11-12-24-23(27-19)26-16-7-5-8-17(30)14-16/h2-14,30H,1H3,(H,24,26,27). The number of aryl methyl sites for hydroxylation is 1. The molecule has 4 aromatic heterocycles. The Morgan fingerprint density at radius 3 is 2.63 bits per heavy atom. The van der Waals surface area contributed by atoms with E-state index < -0.39 is 0 Å². The van der Waals surface area contributed by atoms with Crippen molar-refractivity contribution < 1.29 is 5.11 Å². The lowest BCUT2D eigenvalue weighted by atomic mass is 10.1. The van der Waals surface area contributed by atoms with Crippen molar-refractivity contribution in [3.8, 4) is 28.5 Å². The highest BCUT2D eigenvalue weighted by Gasteiger charge is 2.18. The molecule has 0 atom stereocenters. The second-order valence-electron chi connectivity index (χ2n) is 6.84. The molecular weight excluding hydrogens is 376 g/mol. The Morgan fingerprint density at radius 2 is 1.77 bits per heavy atom. The van der Waals surface area contributed by atoms with Crippen LogP contribution in [0.4, 0.5) is 11.6 Å². The third-order valence-electron chi connectivity index (χ3n) is 4.66. The fourth-order valence-corrected chi connectivity index (χ4v) is 3.36. The number of nitrogens with zero attached hydrogens (tertiary/aromatic N) is 5. The molecule has 146 valence electrons. The summed E-state index contributed by atoms with van der Waals surface area (Å²) in [5.41, 5.74) is 5.53. The summed E-state index contributed by atoms with van der Waals surface area (Å²) in [5, 5.41) is 12.8. The van der Waals surface area contributed by atoms with Crippen molar-refractivity contribution in [3.05, 3.63) is 84.8 Å². The third-order valence-corrected chi connectivity index (χ3v) is 4.66. The number of aromatic nitrogens is 5. The largest absolute Gasteiger partial charge is 0.508 e. The molecule has 0 fully saturated rings. The van der Waals surface area contributed by atoms with Crippen LogP contribution in [-0.2, 0) is 0 Å². The van der Waals surface area contributed by atoms with Gasteiger partial charge in [0.1, 0.15) is 22.8 Å². The molecule has 0 aliphatic heterocycles. The van der Waals surface area contributed by atoms with Crippen LogP contribution < -0.4 is 5.32 Å². The number of rotatable bonds is 4. The van der Waals surface area contributed by atoms with Gasteiger partial charge in [0.15, 0.2) is 0 Å². The zero-order valence-corrected chi connectivity index (χ0v) is 16.2. The lowest BCUT2D eigenvalue weighted by molar-refractivity contribution is 0.475. The maximum absolute atomic E-state index is 9.70. The van der Waals surface area contributed by atoms with Crippen LogP contribution in [-0.4, -0.2) is 29.4 Å². The van der Waals surface area contributed by atoms with E-state index in [4.69, 9.17) is 9.97 Å². The molecule has 0 aliphatic rings. The number of fused-ring (bicyclic) bond motifs is 1. The Labute approximate surface area is 172 Å². The number of imidazole rings is 1. The van der Waals surface area contributed by atoms with Crippen LogP contribution >= 0.6 is 0 Å². The van der Waals surface area contributed by atoms with Crippen LogP contribution in [0.15, 0.2) is 79.1 Å². The Balaban J connectivity index is 1.65. The predicted octanol–water partition coefficient (Wildman–Crippen LogP) is 4.61. The van der Waals surface area contributed by atoms with Gasteiger partial charge in [0.25, 0.3) is 0 Å². The van der Waals surface area contributed by atoms with E-state index in [9.17, 15) is 5.11 Å². The fraction of sp³-hybridized carbons (Fsp3) is 0.0435. The Kier molecular flexibility index (Phi) is 4.33. The minimum atomic E-state index is 0.172. The van der Waals surface area contributed by atoms with Crippen LogP contribution in [0.25, 0.3) is 28.4 Å². The molecule has 0 bridgehead atoms. The van der Waals surface area contributed by atoms with Gasteiger partial charge >= 0.3 is 0 Å². The molecule has 1 aromatic carbocycles. The highest BCUT2D eigenvalue weighted by molar-refractivity contribution is 5.79. The van der Waals surface area contributed by atoms with Gasteiger partial charge in [0, 0.05) is 29.8 Å². The number of hydrogen-bond acceptors (Lipinski definition) is 6. The molecule has 5 rings (SSSR count). The Hall–Kier alpha value is -4.26. The molecule has 0 saturated carbocycles. The first-order valence-corrected chi connectivity index (χ1v) is 9.48. The van der Waals surface area contributed by atoms with E-state index in [1.807, 2.05) is 66.1 Å². The summed E-state index contributed by atoms with van der Waals surface area (Å²) in [4.78, 5) is 18.5. The number of phenolic OH excluding ortho intramolecular Hbond substituents is 1. The quantitative estimate of drug-likeness (QED) is 0.463. The van der Waals surface area contributed by atoms with Crippen molar-refractivity contribution in [2.45, 2.75) is 6.92 Å². The summed E-state index contributed by atoms with van der Waals surface area (Å²) in [5.74, 6) is 0.595. The first-order valence-electron chi connectivity index (χ1n) is 9.48. The van der Waals surface area contributed by atoms with Gasteiger partial charge in [-0.05, 0) is 49.4 Å². The molecule has 0 spiro atoms. The maximum atomic E-state index is 9.70. The molecule has 2 N–H and O–H groups in total. The summed E-state index contributed by atoms with van der Waals surface area (Å²) in [6.45, 7) is 1.96. The number of benzene rings is 1. The molecule has 4 heterocycles. The van der Waals surface area contributed by atoms with Gasteiger partial charge in [0.2, 0.25) is 5.95 Å². The highest BCUT2D eigenvalue weighted by Crippen LogP contribution is 2.31. The SMILES string of the molecule is Cc1cccc(-c2nc3ccccn3c2-c2ccnc(Nc3cccc(O)c3)n2)n1. The fourth-order valence-electron chi connectivity index (χ4n) is 3.36. The van der Waals surface area contributed by atoms with Gasteiger partial charge in [0.05, 0.1) is 11.4 Å². The second-order valence-corrected chi connectivity index (χ2v) is 6.84. The number of nitrogens with one attached hydrogen (secondary N) is 1. The number of aromatic hydroxyl groups is 1. The number of phenols is 1. The summed E-state index contributed by atoms with van der Waals surface area (Å²) < 4.78 is 2.00. The maximum Gasteiger partial charge on any atom is 0.227 e. The van der Waals surface area contributed by atoms with Crippen molar-refractivity contribution in [3.63, 3.8) is 0 Å². The lowest BCUT2D eigenvalue weighted by Gasteiger charge is -2.08. The van der Waals surface area contributed by atoms with E-state index in [0.717, 1.165) is 28.4 Å². The van der Waals surface area contributed by atoms with E-state index in [0.29, 0.717) is 17.3 Å². The molecule has 5 aromatic rings. The highest BCUT2D eigenvalue weighted by atomic mass is 16.3. The van der Waals surface area contributed by atoms with Crippen molar-refractivity contribution >= 4 is 17.3 Å². The average molecular weight is 394 g/mol. The topological polar surface area (TPSA) is 88.2 Å². The minimum Gasteiger partial charge on any atom is -0.508 e. The zero-order valence-electron chi connectivity index (χ0n) is 16.2. The van der Waals surface area contributed by atoms with Crippen LogP contribution in [0.3, 0.4) is 0 Å². The van der Waals surface area contributed by atoms with Gasteiger partial charge < -0.3 is 10.4 Å². The normalized spacial score (nSPS) is 11.0. The molecule has 0 aliphatic carbocycles. The van der Waals surface area contributed by atoms with Crippen molar-refractivity contribution in [2.24, 2.45) is 0 Å². The molecular formula is C23H18N6O. The molecule has 0 unspecified atom stereocenters. The Bertz CT molecular complexity index is 1360. The van der Waals surface area contributed by atoms with E-state index in [1.54, 1.807) is 24.4 Å².